The van der Waals surface area contributed by atoms with E-state index in [1.54, 1.807) is 6.20 Å². The van der Waals surface area contributed by atoms with Crippen LogP contribution in [0.3, 0.4) is 0 Å². The van der Waals surface area contributed by atoms with E-state index >= 15 is 0 Å². The fourth-order valence-electron chi connectivity index (χ4n) is 2.40. The lowest BCUT2D eigenvalue weighted by Crippen LogP contribution is -2.41. The van der Waals surface area contributed by atoms with Gasteiger partial charge in [-0.2, -0.15) is 28.6 Å². The average Bonchev–Trinajstić information content (AvgIpc) is 2.77. The molecule has 0 spiro atoms. The second kappa shape index (κ2) is 6.92. The smallest absolute Gasteiger partial charge is 0.0835 e. The first-order valence-electron chi connectivity index (χ1n) is 6.91. The molecule has 20 heavy (non-hydrogen) atoms. The van der Waals surface area contributed by atoms with Crippen LogP contribution >= 0.6 is 35.1 Å². The highest BCUT2D eigenvalue weighted by atomic mass is 35.5. The van der Waals surface area contributed by atoms with Gasteiger partial charge in [-0.25, -0.2) is 0 Å². The van der Waals surface area contributed by atoms with Crippen LogP contribution in [0.2, 0.25) is 5.02 Å². The number of aromatic nitrogens is 2. The summed E-state index contributed by atoms with van der Waals surface area (Å²) in [7, 11) is 0. The van der Waals surface area contributed by atoms with E-state index < -0.39 is 0 Å². The van der Waals surface area contributed by atoms with Crippen LogP contribution < -0.4 is 11.3 Å². The molecule has 114 valence electrons. The van der Waals surface area contributed by atoms with Crippen LogP contribution in [0, 0.1) is 0 Å². The zero-order valence-corrected chi connectivity index (χ0v) is 14.7. The molecule has 7 heteroatoms. The topological polar surface area (TPSA) is 55.9 Å². The number of nitrogens with one attached hydrogen (secondary N) is 1. The van der Waals surface area contributed by atoms with E-state index in [0.29, 0.717) is 20.8 Å². The van der Waals surface area contributed by atoms with Crippen LogP contribution in [0.5, 0.6) is 0 Å². The number of hydrogen-bond acceptors (Lipinski definition) is 5. The monoisotopic (exact) mass is 334 g/mol. The lowest BCUT2D eigenvalue weighted by atomic mass is 10.1. The van der Waals surface area contributed by atoms with Crippen LogP contribution in [0.15, 0.2) is 6.20 Å². The van der Waals surface area contributed by atoms with Crippen molar-refractivity contribution in [2.75, 3.05) is 5.75 Å². The Kier molecular flexibility index (Phi) is 5.71. The minimum absolute atomic E-state index is 0.0276. The standard InChI is InChI=1S/C13H23ClN4S2/c1-7(2)18-13(10(14)5-16-18)12(17-15)11-6-19-8(3)9(4)20-11/h5,7-9,11-12,17H,6,15H2,1-4H3. The summed E-state index contributed by atoms with van der Waals surface area (Å²) in [5.41, 5.74) is 3.97. The van der Waals surface area contributed by atoms with E-state index in [-0.39, 0.29) is 12.1 Å². The van der Waals surface area contributed by atoms with Crippen LogP contribution in [0.1, 0.15) is 45.5 Å². The molecule has 0 radical (unpaired) electrons. The second-order valence-corrected chi connectivity index (χ2v) is 8.92. The first-order chi connectivity index (χ1) is 9.45. The van der Waals surface area contributed by atoms with Gasteiger partial charge in [-0.05, 0) is 13.8 Å². The molecular weight excluding hydrogens is 312 g/mol. The van der Waals surface area contributed by atoms with Crippen LogP contribution in [-0.4, -0.2) is 31.3 Å². The Balaban J connectivity index is 2.26. The summed E-state index contributed by atoms with van der Waals surface area (Å²) in [4.78, 5) is 0. The van der Waals surface area contributed by atoms with Gasteiger partial charge in [0.25, 0.3) is 0 Å². The number of hydrazine groups is 1. The molecule has 3 N–H and O–H groups in total. The molecule has 4 atom stereocenters. The van der Waals surface area contributed by atoms with Gasteiger partial charge >= 0.3 is 0 Å². The highest BCUT2D eigenvalue weighted by Crippen LogP contribution is 2.42. The molecule has 0 aliphatic carbocycles. The number of rotatable bonds is 4. The van der Waals surface area contributed by atoms with Gasteiger partial charge in [0, 0.05) is 27.5 Å². The maximum absolute atomic E-state index is 6.35. The zero-order valence-electron chi connectivity index (χ0n) is 12.3. The molecule has 1 aliphatic rings. The summed E-state index contributed by atoms with van der Waals surface area (Å²) in [6.45, 7) is 8.78. The van der Waals surface area contributed by atoms with E-state index in [0.717, 1.165) is 11.4 Å². The van der Waals surface area contributed by atoms with Crippen molar-refractivity contribution in [3.05, 3.63) is 16.9 Å². The van der Waals surface area contributed by atoms with Gasteiger partial charge in [0.2, 0.25) is 0 Å². The Morgan fingerprint density at radius 1 is 1.45 bits per heavy atom. The predicted octanol–water partition coefficient (Wildman–Crippen LogP) is 3.25. The molecule has 0 saturated carbocycles. The van der Waals surface area contributed by atoms with Gasteiger partial charge in [0.15, 0.2) is 0 Å². The van der Waals surface area contributed by atoms with Crippen molar-refractivity contribution in [3.63, 3.8) is 0 Å². The lowest BCUT2D eigenvalue weighted by molar-refractivity contribution is 0.448. The quantitative estimate of drug-likeness (QED) is 0.654. The van der Waals surface area contributed by atoms with Crippen LogP contribution in [0.4, 0.5) is 0 Å². The van der Waals surface area contributed by atoms with Crippen molar-refractivity contribution in [1.29, 1.82) is 0 Å². The molecule has 1 aromatic heterocycles. The van der Waals surface area contributed by atoms with Crippen molar-refractivity contribution in [1.82, 2.24) is 15.2 Å². The van der Waals surface area contributed by atoms with E-state index in [9.17, 15) is 0 Å². The van der Waals surface area contributed by atoms with Crippen LogP contribution in [0.25, 0.3) is 0 Å². The Bertz CT molecular complexity index is 452. The summed E-state index contributed by atoms with van der Waals surface area (Å²) in [6.07, 6.45) is 1.72. The first kappa shape index (κ1) is 16.5. The number of halogens is 1. The Morgan fingerprint density at radius 2 is 2.15 bits per heavy atom. The fourth-order valence-corrected chi connectivity index (χ4v) is 5.72. The normalized spacial score (nSPS) is 28.9. The zero-order chi connectivity index (χ0) is 14.9. The highest BCUT2D eigenvalue weighted by Gasteiger charge is 2.34. The number of hydrogen-bond donors (Lipinski definition) is 2. The Labute approximate surface area is 134 Å². The number of nitrogens with two attached hydrogens (primary N) is 1. The molecule has 1 aliphatic heterocycles. The first-order valence-corrected chi connectivity index (χ1v) is 9.28. The molecule has 0 aromatic carbocycles. The van der Waals surface area contributed by atoms with Gasteiger partial charge in [0.05, 0.1) is 23.0 Å². The lowest BCUT2D eigenvalue weighted by Gasteiger charge is -2.36. The number of thioether (sulfide) groups is 2. The van der Waals surface area contributed by atoms with Crippen molar-refractivity contribution in [2.24, 2.45) is 5.84 Å². The van der Waals surface area contributed by atoms with E-state index in [1.807, 2.05) is 28.2 Å². The molecule has 4 unspecified atom stereocenters. The molecule has 0 bridgehead atoms. The van der Waals surface area contributed by atoms with Crippen molar-refractivity contribution < 1.29 is 0 Å². The largest absolute Gasteiger partial charge is 0.271 e. The van der Waals surface area contributed by atoms with Crippen molar-refractivity contribution >= 4 is 35.1 Å². The molecule has 1 saturated heterocycles. The van der Waals surface area contributed by atoms with Crippen LogP contribution in [-0.2, 0) is 0 Å². The van der Waals surface area contributed by atoms with Gasteiger partial charge in [-0.15, -0.1) is 0 Å². The highest BCUT2D eigenvalue weighted by molar-refractivity contribution is 8.07. The van der Waals surface area contributed by atoms with E-state index in [4.69, 9.17) is 17.4 Å². The van der Waals surface area contributed by atoms with Crippen molar-refractivity contribution in [3.8, 4) is 0 Å². The summed E-state index contributed by atoms with van der Waals surface area (Å²) < 4.78 is 1.97. The molecule has 1 aromatic rings. The summed E-state index contributed by atoms with van der Waals surface area (Å²) in [5.74, 6) is 6.91. The van der Waals surface area contributed by atoms with Gasteiger partial charge < -0.3 is 0 Å². The van der Waals surface area contributed by atoms with Gasteiger partial charge in [-0.1, -0.05) is 25.4 Å². The second-order valence-electron chi connectivity index (χ2n) is 5.48. The third-order valence-corrected chi connectivity index (χ3v) is 7.48. The SMILES string of the molecule is CC1SCC(C(NN)c2c(Cl)cnn2C(C)C)SC1C. The predicted molar refractivity (Wildman–Crippen MR) is 90.4 cm³/mol. The minimum atomic E-state index is 0.0276. The molecule has 0 amide bonds. The van der Waals surface area contributed by atoms with Gasteiger partial charge in [0.1, 0.15) is 0 Å². The average molecular weight is 335 g/mol. The van der Waals surface area contributed by atoms with E-state index in [2.05, 4.69) is 38.2 Å². The van der Waals surface area contributed by atoms with Gasteiger partial charge in [-0.3, -0.25) is 16.0 Å². The molecule has 2 heterocycles. The molecule has 2 rings (SSSR count). The Morgan fingerprint density at radius 3 is 2.70 bits per heavy atom. The van der Waals surface area contributed by atoms with Crippen molar-refractivity contribution in [2.45, 2.75) is 55.5 Å². The summed E-state index contributed by atoms with van der Waals surface area (Å²) in [6, 6.07) is 0.297. The minimum Gasteiger partial charge on any atom is -0.271 e. The molecular formula is C13H23ClN4S2. The summed E-state index contributed by atoms with van der Waals surface area (Å²) >= 11 is 10.3. The third kappa shape index (κ3) is 3.30. The Hall–Kier alpha value is 0.120. The number of nitrogens with zero attached hydrogens (tertiary/aromatic N) is 2. The molecule has 1 fully saturated rings. The molecule has 4 nitrogen and oxygen atoms in total. The van der Waals surface area contributed by atoms with E-state index in [1.165, 1.54) is 0 Å². The third-order valence-electron chi connectivity index (χ3n) is 3.70. The summed E-state index contributed by atoms with van der Waals surface area (Å²) in [5, 5.41) is 6.78. The maximum Gasteiger partial charge on any atom is 0.0835 e. The fraction of sp³-hybridized carbons (Fsp3) is 0.769. The maximum atomic E-state index is 6.35.